The van der Waals surface area contributed by atoms with E-state index in [4.69, 9.17) is 0 Å². The lowest BCUT2D eigenvalue weighted by Gasteiger charge is -2.29. The summed E-state index contributed by atoms with van der Waals surface area (Å²) in [5, 5.41) is 3.70. The van der Waals surface area contributed by atoms with E-state index in [0.717, 1.165) is 26.1 Å². The third-order valence-corrected chi connectivity index (χ3v) is 6.56. The fourth-order valence-corrected chi connectivity index (χ4v) is 5.07. The molecule has 1 N–H and O–H groups in total. The van der Waals surface area contributed by atoms with Gasteiger partial charge in [-0.2, -0.15) is 11.8 Å². The SMILES string of the molecule is CN(C[C@@H]1CCN(C)[C@H]1c1cccnc1)C(=O)NC[C@@H]1CCCS1. The Kier molecular flexibility index (Phi) is 6.00. The monoisotopic (exact) mass is 348 g/mol. The van der Waals surface area contributed by atoms with Gasteiger partial charge in [0, 0.05) is 43.8 Å². The summed E-state index contributed by atoms with van der Waals surface area (Å²) in [6.07, 6.45) is 7.39. The molecule has 3 rings (SSSR count). The van der Waals surface area contributed by atoms with Gasteiger partial charge in [-0.05, 0) is 56.2 Å². The second kappa shape index (κ2) is 8.21. The van der Waals surface area contributed by atoms with Crippen LogP contribution in [0.5, 0.6) is 0 Å². The van der Waals surface area contributed by atoms with Gasteiger partial charge in [-0.15, -0.1) is 0 Å². The number of amides is 2. The van der Waals surface area contributed by atoms with Gasteiger partial charge in [0.1, 0.15) is 0 Å². The Balaban J connectivity index is 1.54. The molecule has 0 spiro atoms. The van der Waals surface area contributed by atoms with Crippen LogP contribution in [0.4, 0.5) is 4.79 Å². The highest BCUT2D eigenvalue weighted by molar-refractivity contribution is 8.00. The van der Waals surface area contributed by atoms with Crippen molar-refractivity contribution in [1.29, 1.82) is 0 Å². The summed E-state index contributed by atoms with van der Waals surface area (Å²) in [5.41, 5.74) is 1.25. The van der Waals surface area contributed by atoms with Crippen molar-refractivity contribution in [2.75, 3.05) is 39.5 Å². The normalized spacial score (nSPS) is 27.3. The predicted molar refractivity (Wildman–Crippen MR) is 99.2 cm³/mol. The quantitative estimate of drug-likeness (QED) is 0.889. The van der Waals surface area contributed by atoms with Gasteiger partial charge in [0.2, 0.25) is 0 Å². The summed E-state index contributed by atoms with van der Waals surface area (Å²) in [5.74, 6) is 1.69. The molecule has 2 fully saturated rings. The molecule has 0 bridgehead atoms. The minimum atomic E-state index is 0.0574. The van der Waals surface area contributed by atoms with Crippen molar-refractivity contribution >= 4 is 17.8 Å². The second-order valence-electron chi connectivity index (χ2n) is 6.96. The third-order valence-electron chi connectivity index (χ3n) is 5.16. The molecule has 5 nitrogen and oxygen atoms in total. The van der Waals surface area contributed by atoms with Crippen LogP contribution in [0.25, 0.3) is 0 Å². The summed E-state index contributed by atoms with van der Waals surface area (Å²) in [7, 11) is 4.07. The second-order valence-corrected chi connectivity index (χ2v) is 8.37. The van der Waals surface area contributed by atoms with E-state index in [0.29, 0.717) is 17.2 Å². The maximum Gasteiger partial charge on any atom is 0.317 e. The molecule has 1 aromatic rings. The minimum absolute atomic E-state index is 0.0574. The Morgan fingerprint density at radius 3 is 3.08 bits per heavy atom. The Hall–Kier alpha value is -1.27. The molecule has 132 valence electrons. The minimum Gasteiger partial charge on any atom is -0.337 e. The predicted octanol–water partition coefficient (Wildman–Crippen LogP) is 2.61. The molecule has 2 aliphatic heterocycles. The number of hydrogen-bond donors (Lipinski definition) is 1. The topological polar surface area (TPSA) is 48.5 Å². The lowest BCUT2D eigenvalue weighted by atomic mass is 9.94. The van der Waals surface area contributed by atoms with Crippen LogP contribution in [0, 0.1) is 5.92 Å². The standard InChI is InChI=1S/C18H28N4OS/c1-21-9-7-15(17(21)14-5-3-8-19-11-14)13-22(2)18(23)20-12-16-6-4-10-24-16/h3,5,8,11,15-17H,4,6-7,9-10,12-13H2,1-2H3,(H,20,23)/t15-,16-,17-/m0/s1. The lowest BCUT2D eigenvalue weighted by Crippen LogP contribution is -2.42. The first-order valence-electron chi connectivity index (χ1n) is 8.86. The molecule has 24 heavy (non-hydrogen) atoms. The van der Waals surface area contributed by atoms with Crippen molar-refractivity contribution in [2.24, 2.45) is 5.92 Å². The van der Waals surface area contributed by atoms with Crippen molar-refractivity contribution in [3.63, 3.8) is 0 Å². The number of urea groups is 1. The maximum absolute atomic E-state index is 12.4. The average Bonchev–Trinajstić information content (AvgIpc) is 3.23. The Morgan fingerprint density at radius 1 is 1.50 bits per heavy atom. The lowest BCUT2D eigenvalue weighted by molar-refractivity contribution is 0.189. The van der Waals surface area contributed by atoms with E-state index in [9.17, 15) is 4.79 Å². The van der Waals surface area contributed by atoms with Gasteiger partial charge < -0.3 is 10.2 Å². The van der Waals surface area contributed by atoms with E-state index >= 15 is 0 Å². The van der Waals surface area contributed by atoms with Gasteiger partial charge in [-0.3, -0.25) is 9.88 Å². The Labute approximate surface area is 149 Å². The number of hydrogen-bond acceptors (Lipinski definition) is 4. The highest BCUT2D eigenvalue weighted by Gasteiger charge is 2.34. The third kappa shape index (κ3) is 4.22. The summed E-state index contributed by atoms with van der Waals surface area (Å²) >= 11 is 1.98. The van der Waals surface area contributed by atoms with Gasteiger partial charge in [-0.25, -0.2) is 4.79 Å². The van der Waals surface area contributed by atoms with E-state index in [2.05, 4.69) is 28.3 Å². The van der Waals surface area contributed by atoms with Crippen LogP contribution in [-0.2, 0) is 0 Å². The largest absolute Gasteiger partial charge is 0.337 e. The van der Waals surface area contributed by atoms with Gasteiger partial charge in [-0.1, -0.05) is 6.07 Å². The van der Waals surface area contributed by atoms with Crippen molar-refractivity contribution in [3.8, 4) is 0 Å². The molecule has 2 aliphatic rings. The van der Waals surface area contributed by atoms with Crippen LogP contribution < -0.4 is 5.32 Å². The van der Waals surface area contributed by atoms with Gasteiger partial charge in [0.05, 0.1) is 0 Å². The maximum atomic E-state index is 12.4. The molecule has 3 atom stereocenters. The zero-order valence-electron chi connectivity index (χ0n) is 14.6. The highest BCUT2D eigenvalue weighted by Crippen LogP contribution is 2.36. The molecule has 1 aromatic heterocycles. The van der Waals surface area contributed by atoms with Crippen molar-refractivity contribution in [1.82, 2.24) is 20.1 Å². The number of carbonyl (C=O) groups is 1. The van der Waals surface area contributed by atoms with Crippen molar-refractivity contribution in [2.45, 2.75) is 30.6 Å². The summed E-state index contributed by atoms with van der Waals surface area (Å²) < 4.78 is 0. The fourth-order valence-electron chi connectivity index (χ4n) is 3.87. The molecule has 0 radical (unpaired) electrons. The Morgan fingerprint density at radius 2 is 2.38 bits per heavy atom. The number of nitrogens with one attached hydrogen (secondary N) is 1. The van der Waals surface area contributed by atoms with Crippen LogP contribution >= 0.6 is 11.8 Å². The van der Waals surface area contributed by atoms with Crippen LogP contribution in [0.2, 0.25) is 0 Å². The number of rotatable bonds is 5. The molecule has 6 heteroatoms. The summed E-state index contributed by atoms with van der Waals surface area (Å²) in [6.45, 7) is 2.65. The van der Waals surface area contributed by atoms with Crippen LogP contribution in [0.15, 0.2) is 24.5 Å². The van der Waals surface area contributed by atoms with Gasteiger partial charge in [0.15, 0.2) is 0 Å². The van der Waals surface area contributed by atoms with E-state index in [-0.39, 0.29) is 6.03 Å². The summed E-state index contributed by atoms with van der Waals surface area (Å²) in [6, 6.07) is 4.54. The molecule has 2 amide bonds. The first kappa shape index (κ1) is 17.5. The molecule has 0 aliphatic carbocycles. The number of aromatic nitrogens is 1. The zero-order valence-corrected chi connectivity index (χ0v) is 15.5. The fraction of sp³-hybridized carbons (Fsp3) is 0.667. The molecule has 0 saturated carbocycles. The summed E-state index contributed by atoms with van der Waals surface area (Å²) in [4.78, 5) is 20.9. The molecular formula is C18H28N4OS. The number of likely N-dealkylation sites (tertiary alicyclic amines) is 1. The molecule has 2 saturated heterocycles. The molecule has 0 unspecified atom stereocenters. The zero-order chi connectivity index (χ0) is 16.9. The van der Waals surface area contributed by atoms with E-state index in [1.54, 1.807) is 0 Å². The van der Waals surface area contributed by atoms with Crippen LogP contribution in [0.1, 0.15) is 30.9 Å². The highest BCUT2D eigenvalue weighted by atomic mass is 32.2. The average molecular weight is 349 g/mol. The number of carbonyl (C=O) groups excluding carboxylic acids is 1. The molecular weight excluding hydrogens is 320 g/mol. The first-order valence-corrected chi connectivity index (χ1v) is 9.90. The van der Waals surface area contributed by atoms with Gasteiger partial charge >= 0.3 is 6.03 Å². The van der Waals surface area contributed by atoms with Crippen molar-refractivity contribution < 1.29 is 4.79 Å². The van der Waals surface area contributed by atoms with E-state index in [1.807, 2.05) is 42.2 Å². The molecule has 0 aromatic carbocycles. The van der Waals surface area contributed by atoms with Crippen molar-refractivity contribution in [3.05, 3.63) is 30.1 Å². The smallest absolute Gasteiger partial charge is 0.317 e. The first-order chi connectivity index (χ1) is 11.6. The van der Waals surface area contributed by atoms with Gasteiger partial charge in [0.25, 0.3) is 0 Å². The number of pyridine rings is 1. The van der Waals surface area contributed by atoms with E-state index in [1.165, 1.54) is 24.2 Å². The van der Waals surface area contributed by atoms with E-state index < -0.39 is 0 Å². The van der Waals surface area contributed by atoms with Crippen LogP contribution in [-0.4, -0.2) is 65.5 Å². The number of thioether (sulfide) groups is 1. The van der Waals surface area contributed by atoms with Crippen LogP contribution in [0.3, 0.4) is 0 Å². The Bertz CT molecular complexity index is 535. The number of nitrogens with zero attached hydrogens (tertiary/aromatic N) is 3. The molecule has 3 heterocycles.